The second kappa shape index (κ2) is 6.71. The van der Waals surface area contributed by atoms with Gasteiger partial charge in [-0.25, -0.2) is 0 Å². The molecule has 1 aliphatic carbocycles. The van der Waals surface area contributed by atoms with Gasteiger partial charge in [-0.15, -0.1) is 0 Å². The Hall–Kier alpha value is 0.400. The molecule has 2 unspecified atom stereocenters. The standard InChI is InChI=1S/C15H28BrNO/c1-13-5-3-4-6-14(13)17(2)12-15(11-16)7-9-18-10-8-15/h13-14H,3-12H2,1-2H3. The van der Waals surface area contributed by atoms with Crippen molar-refractivity contribution in [2.45, 2.75) is 51.5 Å². The van der Waals surface area contributed by atoms with Crippen molar-refractivity contribution in [1.29, 1.82) is 0 Å². The molecule has 0 aromatic heterocycles. The van der Waals surface area contributed by atoms with Gasteiger partial charge in [-0.3, -0.25) is 0 Å². The summed E-state index contributed by atoms with van der Waals surface area (Å²) in [6.45, 7) is 5.56. The zero-order valence-corrected chi connectivity index (χ0v) is 13.5. The molecule has 0 amide bonds. The Bertz CT molecular complexity index is 253. The van der Waals surface area contributed by atoms with Gasteiger partial charge in [0.25, 0.3) is 0 Å². The summed E-state index contributed by atoms with van der Waals surface area (Å²) >= 11 is 3.75. The molecule has 0 aromatic carbocycles. The maximum atomic E-state index is 5.54. The second-order valence-corrected chi connectivity index (χ2v) is 7.05. The van der Waals surface area contributed by atoms with Crippen LogP contribution in [-0.4, -0.2) is 43.1 Å². The fraction of sp³-hybridized carbons (Fsp3) is 1.00. The van der Waals surface area contributed by atoms with E-state index >= 15 is 0 Å². The number of rotatable bonds is 4. The quantitative estimate of drug-likeness (QED) is 0.733. The summed E-state index contributed by atoms with van der Waals surface area (Å²) in [7, 11) is 2.34. The molecule has 1 aliphatic heterocycles. The number of hydrogen-bond acceptors (Lipinski definition) is 2. The van der Waals surface area contributed by atoms with Gasteiger partial charge in [0.2, 0.25) is 0 Å². The lowest BCUT2D eigenvalue weighted by atomic mass is 9.79. The Morgan fingerprint density at radius 2 is 1.89 bits per heavy atom. The SMILES string of the molecule is CC1CCCCC1N(C)CC1(CBr)CCOCC1. The molecule has 0 radical (unpaired) electrons. The van der Waals surface area contributed by atoms with Crippen molar-refractivity contribution in [1.82, 2.24) is 4.90 Å². The van der Waals surface area contributed by atoms with Gasteiger partial charge in [0.1, 0.15) is 0 Å². The van der Waals surface area contributed by atoms with Crippen LogP contribution in [0.3, 0.4) is 0 Å². The minimum absolute atomic E-state index is 0.449. The van der Waals surface area contributed by atoms with Crippen molar-refractivity contribution >= 4 is 15.9 Å². The molecule has 2 fully saturated rings. The van der Waals surface area contributed by atoms with Crippen molar-refractivity contribution in [2.75, 3.05) is 32.1 Å². The van der Waals surface area contributed by atoms with Crippen LogP contribution >= 0.6 is 15.9 Å². The Balaban J connectivity index is 1.93. The summed E-state index contributed by atoms with van der Waals surface area (Å²) in [5.41, 5.74) is 0.449. The number of alkyl halides is 1. The minimum atomic E-state index is 0.449. The minimum Gasteiger partial charge on any atom is -0.381 e. The third-order valence-corrected chi connectivity index (χ3v) is 6.24. The van der Waals surface area contributed by atoms with Crippen LogP contribution in [0.5, 0.6) is 0 Å². The van der Waals surface area contributed by atoms with E-state index in [1.807, 2.05) is 0 Å². The average molecular weight is 318 g/mol. The van der Waals surface area contributed by atoms with E-state index in [9.17, 15) is 0 Å². The first kappa shape index (κ1) is 14.8. The lowest BCUT2D eigenvalue weighted by molar-refractivity contribution is -0.00210. The molecular weight excluding hydrogens is 290 g/mol. The molecule has 0 N–H and O–H groups in total. The molecule has 1 saturated carbocycles. The van der Waals surface area contributed by atoms with Gasteiger partial charge >= 0.3 is 0 Å². The highest BCUT2D eigenvalue weighted by atomic mass is 79.9. The Morgan fingerprint density at radius 1 is 1.22 bits per heavy atom. The van der Waals surface area contributed by atoms with Gasteiger partial charge in [0.15, 0.2) is 0 Å². The molecule has 2 atom stereocenters. The highest BCUT2D eigenvalue weighted by Crippen LogP contribution is 2.36. The van der Waals surface area contributed by atoms with E-state index in [1.54, 1.807) is 0 Å². The zero-order valence-electron chi connectivity index (χ0n) is 12.0. The Labute approximate surface area is 121 Å². The van der Waals surface area contributed by atoms with Crippen molar-refractivity contribution in [3.63, 3.8) is 0 Å². The Kier molecular flexibility index (Phi) is 5.52. The molecular formula is C15H28BrNO. The van der Waals surface area contributed by atoms with Crippen LogP contribution in [0.4, 0.5) is 0 Å². The van der Waals surface area contributed by atoms with Gasteiger partial charge in [-0.1, -0.05) is 35.7 Å². The first-order valence-corrected chi connectivity index (χ1v) is 8.63. The lowest BCUT2D eigenvalue weighted by Gasteiger charge is -2.44. The first-order valence-electron chi connectivity index (χ1n) is 7.51. The largest absolute Gasteiger partial charge is 0.381 e. The van der Waals surface area contributed by atoms with Crippen LogP contribution in [0.25, 0.3) is 0 Å². The van der Waals surface area contributed by atoms with Crippen molar-refractivity contribution in [2.24, 2.45) is 11.3 Å². The topological polar surface area (TPSA) is 12.5 Å². The predicted molar refractivity (Wildman–Crippen MR) is 80.3 cm³/mol. The molecule has 1 heterocycles. The Morgan fingerprint density at radius 3 is 2.50 bits per heavy atom. The number of nitrogens with zero attached hydrogens (tertiary/aromatic N) is 1. The maximum Gasteiger partial charge on any atom is 0.0472 e. The second-order valence-electron chi connectivity index (χ2n) is 6.49. The fourth-order valence-electron chi connectivity index (χ4n) is 3.74. The summed E-state index contributed by atoms with van der Waals surface area (Å²) in [6.07, 6.45) is 8.09. The van der Waals surface area contributed by atoms with Gasteiger partial charge in [-0.2, -0.15) is 0 Å². The van der Waals surface area contributed by atoms with Gasteiger partial charge < -0.3 is 9.64 Å². The fourth-order valence-corrected chi connectivity index (χ4v) is 4.47. The third-order valence-electron chi connectivity index (χ3n) is 5.05. The molecule has 0 bridgehead atoms. The highest BCUT2D eigenvalue weighted by molar-refractivity contribution is 9.09. The van der Waals surface area contributed by atoms with E-state index in [4.69, 9.17) is 4.74 Å². The number of halogens is 1. The average Bonchev–Trinajstić information content (AvgIpc) is 2.40. The molecule has 3 heteroatoms. The summed E-state index contributed by atoms with van der Waals surface area (Å²) in [5.74, 6) is 0.871. The third kappa shape index (κ3) is 3.49. The smallest absolute Gasteiger partial charge is 0.0472 e. The van der Waals surface area contributed by atoms with E-state index in [0.29, 0.717) is 5.41 Å². The molecule has 18 heavy (non-hydrogen) atoms. The predicted octanol–water partition coefficient (Wildman–Crippen LogP) is 3.69. The monoisotopic (exact) mass is 317 g/mol. The highest BCUT2D eigenvalue weighted by Gasteiger charge is 2.35. The maximum absolute atomic E-state index is 5.54. The molecule has 2 aliphatic rings. The van der Waals surface area contributed by atoms with Gasteiger partial charge in [0.05, 0.1) is 0 Å². The molecule has 0 aromatic rings. The van der Waals surface area contributed by atoms with Gasteiger partial charge in [0, 0.05) is 31.1 Å². The summed E-state index contributed by atoms with van der Waals surface area (Å²) in [6, 6.07) is 0.803. The van der Waals surface area contributed by atoms with E-state index in [2.05, 4.69) is 34.8 Å². The van der Waals surface area contributed by atoms with Crippen molar-refractivity contribution in [3.8, 4) is 0 Å². The van der Waals surface area contributed by atoms with Crippen LogP contribution in [0.15, 0.2) is 0 Å². The van der Waals surface area contributed by atoms with Crippen LogP contribution in [0.2, 0.25) is 0 Å². The molecule has 1 saturated heterocycles. The summed E-state index contributed by atoms with van der Waals surface area (Å²) in [5, 5.41) is 1.12. The van der Waals surface area contributed by atoms with Crippen LogP contribution in [0.1, 0.15) is 45.4 Å². The van der Waals surface area contributed by atoms with Crippen molar-refractivity contribution in [3.05, 3.63) is 0 Å². The normalized spacial score (nSPS) is 32.7. The molecule has 0 spiro atoms. The van der Waals surface area contributed by atoms with Crippen LogP contribution in [-0.2, 0) is 4.74 Å². The van der Waals surface area contributed by atoms with E-state index < -0.39 is 0 Å². The molecule has 2 nitrogen and oxygen atoms in total. The van der Waals surface area contributed by atoms with E-state index in [-0.39, 0.29) is 0 Å². The summed E-state index contributed by atoms with van der Waals surface area (Å²) in [4.78, 5) is 2.65. The van der Waals surface area contributed by atoms with E-state index in [0.717, 1.165) is 30.5 Å². The van der Waals surface area contributed by atoms with E-state index in [1.165, 1.54) is 45.1 Å². The number of hydrogen-bond donors (Lipinski definition) is 0. The number of ether oxygens (including phenoxy) is 1. The summed E-state index contributed by atoms with van der Waals surface area (Å²) < 4.78 is 5.54. The lowest BCUT2D eigenvalue weighted by Crippen LogP contribution is -2.47. The van der Waals surface area contributed by atoms with Crippen molar-refractivity contribution < 1.29 is 4.74 Å². The zero-order chi connectivity index (χ0) is 13.0. The van der Waals surface area contributed by atoms with Gasteiger partial charge in [-0.05, 0) is 44.1 Å². The van der Waals surface area contributed by atoms with Crippen LogP contribution in [0, 0.1) is 11.3 Å². The molecule has 2 rings (SSSR count). The first-order chi connectivity index (χ1) is 8.67. The molecule has 106 valence electrons. The van der Waals surface area contributed by atoms with Crippen LogP contribution < -0.4 is 0 Å².